The molecule has 0 spiro atoms. The van der Waals surface area contributed by atoms with Gasteiger partial charge in [-0.3, -0.25) is 0 Å². The molecule has 0 N–H and O–H groups in total. The van der Waals surface area contributed by atoms with Gasteiger partial charge in [0.2, 0.25) is 0 Å². The second kappa shape index (κ2) is 12.9. The molecule has 0 aliphatic rings. The summed E-state index contributed by atoms with van der Waals surface area (Å²) < 4.78 is 0. The molecule has 0 atom stereocenters. The van der Waals surface area contributed by atoms with E-state index in [9.17, 15) is 0 Å². The molecule has 0 unspecified atom stereocenters. The number of rotatable bonds is 0. The summed E-state index contributed by atoms with van der Waals surface area (Å²) in [5.41, 5.74) is 1.35. The van der Waals surface area contributed by atoms with Gasteiger partial charge in [-0.05, 0) is 11.0 Å². The van der Waals surface area contributed by atoms with Crippen LogP contribution in [0.25, 0.3) is 10.8 Å². The Labute approximate surface area is 151 Å². The minimum Gasteiger partial charge on any atom is -1.00 e. The molecular weight excluding hydrogens is 370 g/mol. The minimum atomic E-state index is 0. The molecule has 0 aliphatic carbocycles. The Bertz CT molecular complexity index is 467. The first-order valence-electron chi connectivity index (χ1n) is 5.15. The van der Waals surface area contributed by atoms with Crippen LogP contribution in [0.5, 0.6) is 0 Å². The van der Waals surface area contributed by atoms with E-state index in [1.165, 1.54) is 16.3 Å². The molecule has 19 heavy (non-hydrogen) atoms. The molecular formula is C15H17Cl2SiZr. The van der Waals surface area contributed by atoms with Crippen molar-refractivity contribution in [1.29, 1.82) is 0 Å². The first-order valence-corrected chi connectivity index (χ1v) is 5.15. The second-order valence-corrected chi connectivity index (χ2v) is 3.62. The second-order valence-electron chi connectivity index (χ2n) is 3.62. The largest absolute Gasteiger partial charge is 4.00 e. The van der Waals surface area contributed by atoms with E-state index in [0.29, 0.717) is 0 Å². The zero-order valence-electron chi connectivity index (χ0n) is 11.1. The average Bonchev–Trinajstić information content (AvgIpc) is 2.87. The van der Waals surface area contributed by atoms with Gasteiger partial charge in [0, 0.05) is 0 Å². The minimum absolute atomic E-state index is 0. The molecule has 3 aromatic carbocycles. The fourth-order valence-corrected chi connectivity index (χ4v) is 1.63. The van der Waals surface area contributed by atoms with Crippen molar-refractivity contribution < 1.29 is 51.0 Å². The standard InChI is InChI=1S/C10H9.C5H5.2ClH.H3Si.Zr/c1-8-6-9-4-2-3-5-10(9)7-8;1-2-4-5-3-1;;;;/h2-7H,1H3;1-5H;2*1H;1H3;/q2*-1;;;;+4/p-2. The number of hydrogen-bond donors (Lipinski definition) is 0. The Morgan fingerprint density at radius 1 is 0.895 bits per heavy atom. The normalized spacial score (nSPS) is 7.63. The molecule has 0 nitrogen and oxygen atoms in total. The third-order valence-corrected chi connectivity index (χ3v) is 2.32. The predicted molar refractivity (Wildman–Crippen MR) is 76.3 cm³/mol. The Morgan fingerprint density at radius 3 is 1.95 bits per heavy atom. The van der Waals surface area contributed by atoms with Crippen LogP contribution in [0.3, 0.4) is 0 Å². The van der Waals surface area contributed by atoms with Crippen LogP contribution in [-0.2, 0) is 26.2 Å². The average molecular weight is 388 g/mol. The maximum absolute atomic E-state index is 2.20. The van der Waals surface area contributed by atoms with E-state index in [1.807, 2.05) is 30.3 Å². The molecule has 0 heterocycles. The van der Waals surface area contributed by atoms with Crippen molar-refractivity contribution in [3.05, 3.63) is 72.3 Å². The van der Waals surface area contributed by atoms with Crippen molar-refractivity contribution in [2.24, 2.45) is 0 Å². The molecule has 3 rings (SSSR count). The Kier molecular flexibility index (Phi) is 16.2. The third kappa shape index (κ3) is 7.89. The van der Waals surface area contributed by atoms with Crippen LogP contribution in [0.4, 0.5) is 0 Å². The van der Waals surface area contributed by atoms with Gasteiger partial charge in [0.1, 0.15) is 0 Å². The van der Waals surface area contributed by atoms with Gasteiger partial charge in [0.15, 0.2) is 0 Å². The molecule has 0 aliphatic heterocycles. The van der Waals surface area contributed by atoms with Crippen LogP contribution in [0, 0.1) is 6.92 Å². The number of halogens is 2. The SMILES string of the molecule is Cc1cc2ccccc2[cH-]1.[Cl-].[Cl-].[SiH3].[Zr+4].c1cc[cH-]c1. The summed E-state index contributed by atoms with van der Waals surface area (Å²) in [6.07, 6.45) is 0. The number of fused-ring (bicyclic) bond motifs is 1. The van der Waals surface area contributed by atoms with E-state index in [1.54, 1.807) is 0 Å². The Balaban J connectivity index is -0.000000253. The molecule has 0 saturated carbocycles. The van der Waals surface area contributed by atoms with E-state index in [2.05, 4.69) is 43.3 Å². The van der Waals surface area contributed by atoms with E-state index < -0.39 is 0 Å². The summed E-state index contributed by atoms with van der Waals surface area (Å²) in [5.74, 6) is 0. The van der Waals surface area contributed by atoms with Crippen LogP contribution < -0.4 is 24.8 Å². The first kappa shape index (κ1) is 23.9. The van der Waals surface area contributed by atoms with E-state index in [-0.39, 0.29) is 62.0 Å². The Morgan fingerprint density at radius 2 is 1.47 bits per heavy atom. The molecule has 99 valence electrons. The summed E-state index contributed by atoms with van der Waals surface area (Å²) in [6.45, 7) is 2.12. The summed E-state index contributed by atoms with van der Waals surface area (Å²) >= 11 is 0. The van der Waals surface area contributed by atoms with Crippen molar-refractivity contribution in [2.75, 3.05) is 0 Å². The monoisotopic (exact) mass is 385 g/mol. The number of aryl methyl sites for hydroxylation is 1. The number of benzene rings is 1. The van der Waals surface area contributed by atoms with E-state index in [0.717, 1.165) is 0 Å². The van der Waals surface area contributed by atoms with Gasteiger partial charge in [-0.1, -0.05) is 13.0 Å². The Hall–Kier alpha value is -0.140. The van der Waals surface area contributed by atoms with Crippen LogP contribution in [-0.4, -0.2) is 11.0 Å². The molecule has 4 heteroatoms. The van der Waals surface area contributed by atoms with Gasteiger partial charge in [-0.25, -0.2) is 12.1 Å². The molecule has 0 amide bonds. The summed E-state index contributed by atoms with van der Waals surface area (Å²) in [5, 5.41) is 2.69. The van der Waals surface area contributed by atoms with Crippen molar-refractivity contribution >= 4 is 21.7 Å². The van der Waals surface area contributed by atoms with Gasteiger partial charge < -0.3 is 24.8 Å². The fraction of sp³-hybridized carbons (Fsp3) is 0.0667. The number of hydrogen-bond acceptors (Lipinski definition) is 0. The summed E-state index contributed by atoms with van der Waals surface area (Å²) in [6, 6.07) is 22.8. The smallest absolute Gasteiger partial charge is 1.00 e. The molecule has 3 aromatic rings. The van der Waals surface area contributed by atoms with Crippen molar-refractivity contribution in [3.63, 3.8) is 0 Å². The van der Waals surface area contributed by atoms with Gasteiger partial charge in [0.05, 0.1) is 0 Å². The first-order chi connectivity index (χ1) is 7.36. The predicted octanol–water partition coefficient (Wildman–Crippen LogP) is -2.91. The fourth-order valence-electron chi connectivity index (χ4n) is 1.63. The third-order valence-electron chi connectivity index (χ3n) is 2.32. The van der Waals surface area contributed by atoms with Crippen LogP contribution in [0.15, 0.2) is 66.7 Å². The quantitative estimate of drug-likeness (QED) is 0.287. The molecule has 0 bridgehead atoms. The van der Waals surface area contributed by atoms with E-state index in [4.69, 9.17) is 0 Å². The van der Waals surface area contributed by atoms with Gasteiger partial charge >= 0.3 is 26.2 Å². The molecule has 1 radical (unpaired) electrons. The van der Waals surface area contributed by atoms with Gasteiger partial charge in [-0.15, -0.1) is 40.6 Å². The van der Waals surface area contributed by atoms with E-state index >= 15 is 0 Å². The maximum atomic E-state index is 2.20. The van der Waals surface area contributed by atoms with Crippen LogP contribution in [0.2, 0.25) is 0 Å². The van der Waals surface area contributed by atoms with Crippen molar-refractivity contribution in [3.8, 4) is 0 Å². The zero-order chi connectivity index (χ0) is 10.5. The molecule has 0 fully saturated rings. The van der Waals surface area contributed by atoms with Crippen molar-refractivity contribution in [1.82, 2.24) is 0 Å². The van der Waals surface area contributed by atoms with Crippen molar-refractivity contribution in [2.45, 2.75) is 6.92 Å². The molecule has 0 aromatic heterocycles. The zero-order valence-corrected chi connectivity index (χ0v) is 17.1. The van der Waals surface area contributed by atoms with Crippen LogP contribution in [0.1, 0.15) is 5.56 Å². The molecule has 0 saturated heterocycles. The van der Waals surface area contributed by atoms with Gasteiger partial charge in [0.25, 0.3) is 0 Å². The summed E-state index contributed by atoms with van der Waals surface area (Å²) in [4.78, 5) is 0. The van der Waals surface area contributed by atoms with Gasteiger partial charge in [-0.2, -0.15) is 24.3 Å². The maximum Gasteiger partial charge on any atom is 4.00 e. The topological polar surface area (TPSA) is 0 Å². The van der Waals surface area contributed by atoms with Crippen LogP contribution >= 0.6 is 0 Å². The summed E-state index contributed by atoms with van der Waals surface area (Å²) in [7, 11) is 0.